The van der Waals surface area contributed by atoms with Crippen LogP contribution in [0.1, 0.15) is 12.8 Å². The van der Waals surface area contributed by atoms with E-state index in [1.54, 1.807) is 36.9 Å². The normalized spacial score (nSPS) is 23.3. The van der Waals surface area contributed by atoms with Crippen LogP contribution >= 0.6 is 7.52 Å². The summed E-state index contributed by atoms with van der Waals surface area (Å²) in [4.78, 5) is 11.4. The molecule has 0 saturated carbocycles. The zero-order chi connectivity index (χ0) is 15.3. The maximum Gasteiger partial charge on any atom is 0.302 e. The zero-order valence-electron chi connectivity index (χ0n) is 11.8. The first kappa shape index (κ1) is 16.0. The molecule has 1 aromatic rings. The fourth-order valence-corrected chi connectivity index (χ4v) is 4.44. The SMILES string of the molecule is COc1ccc(P2(=O)OCCCCN2CC(=O)NO)cc1. The summed E-state index contributed by atoms with van der Waals surface area (Å²) in [6.07, 6.45) is 1.55. The lowest BCUT2D eigenvalue weighted by Crippen LogP contribution is -2.36. The molecule has 1 saturated heterocycles. The summed E-state index contributed by atoms with van der Waals surface area (Å²) >= 11 is 0. The number of nitrogens with zero attached hydrogens (tertiary/aromatic N) is 1. The predicted octanol–water partition coefficient (Wildman–Crippen LogP) is 1.13. The quantitative estimate of drug-likeness (QED) is 0.492. The Morgan fingerprint density at radius 1 is 1.43 bits per heavy atom. The van der Waals surface area contributed by atoms with Gasteiger partial charge in [-0.2, -0.15) is 0 Å². The summed E-state index contributed by atoms with van der Waals surface area (Å²) in [7, 11) is -1.76. The molecule has 0 aromatic heterocycles. The van der Waals surface area contributed by atoms with Crippen molar-refractivity contribution in [3.63, 3.8) is 0 Å². The lowest BCUT2D eigenvalue weighted by Gasteiger charge is -2.28. The van der Waals surface area contributed by atoms with Gasteiger partial charge in [-0.05, 0) is 37.1 Å². The van der Waals surface area contributed by atoms with Crippen LogP contribution in [0.25, 0.3) is 0 Å². The number of amides is 1. The number of hydrogen-bond donors (Lipinski definition) is 2. The standard InChI is InChI=1S/C13H19N2O5P/c1-19-11-4-6-12(7-5-11)21(18)15(10-13(16)14-17)8-2-3-9-20-21/h4-7,17H,2-3,8-10H2,1H3,(H,14,16). The Hall–Kier alpha value is -1.40. The third-order valence-corrected chi connectivity index (χ3v) is 5.87. The molecule has 0 aliphatic carbocycles. The van der Waals surface area contributed by atoms with Crippen LogP contribution in [0.4, 0.5) is 0 Å². The average Bonchev–Trinajstić information content (AvgIpc) is 2.70. The summed E-state index contributed by atoms with van der Waals surface area (Å²) in [5.41, 5.74) is 1.56. The summed E-state index contributed by atoms with van der Waals surface area (Å²) in [5, 5.41) is 9.18. The minimum Gasteiger partial charge on any atom is -0.497 e. The second-order valence-electron chi connectivity index (χ2n) is 4.68. The van der Waals surface area contributed by atoms with E-state index in [1.807, 2.05) is 0 Å². The van der Waals surface area contributed by atoms with Crippen LogP contribution in [0.5, 0.6) is 5.75 Å². The molecule has 0 radical (unpaired) electrons. The van der Waals surface area contributed by atoms with Gasteiger partial charge in [0.25, 0.3) is 5.91 Å². The third-order valence-electron chi connectivity index (χ3n) is 3.30. The first-order chi connectivity index (χ1) is 10.1. The third kappa shape index (κ3) is 3.63. The summed E-state index contributed by atoms with van der Waals surface area (Å²) in [6, 6.07) is 6.75. The van der Waals surface area contributed by atoms with Gasteiger partial charge in [-0.3, -0.25) is 14.6 Å². The van der Waals surface area contributed by atoms with Gasteiger partial charge in [0, 0.05) is 6.54 Å². The Kier molecular flexibility index (Phi) is 5.36. The maximum atomic E-state index is 13.2. The molecule has 1 unspecified atom stereocenters. The number of carbonyl (C=O) groups is 1. The van der Waals surface area contributed by atoms with Crippen LogP contribution in [0.15, 0.2) is 24.3 Å². The highest BCUT2D eigenvalue weighted by Crippen LogP contribution is 2.51. The van der Waals surface area contributed by atoms with Crippen molar-refractivity contribution >= 4 is 18.7 Å². The van der Waals surface area contributed by atoms with Gasteiger partial charge in [0.2, 0.25) is 0 Å². The van der Waals surface area contributed by atoms with Crippen molar-refractivity contribution in [2.24, 2.45) is 0 Å². The minimum absolute atomic E-state index is 0.181. The maximum absolute atomic E-state index is 13.2. The van der Waals surface area contributed by atoms with E-state index in [1.165, 1.54) is 4.67 Å². The van der Waals surface area contributed by atoms with Crippen LogP contribution in [0, 0.1) is 0 Å². The number of hydroxylamine groups is 1. The first-order valence-electron chi connectivity index (χ1n) is 6.67. The number of ether oxygens (including phenoxy) is 1. The van der Waals surface area contributed by atoms with E-state index >= 15 is 0 Å². The number of carbonyl (C=O) groups excluding carboxylic acids is 1. The van der Waals surface area contributed by atoms with Gasteiger partial charge in [0.05, 0.1) is 25.6 Å². The molecule has 7 nitrogen and oxygen atoms in total. The summed E-state index contributed by atoms with van der Waals surface area (Å²) in [5.74, 6) is 0.0362. The van der Waals surface area contributed by atoms with Gasteiger partial charge in [0.15, 0.2) is 0 Å². The van der Waals surface area contributed by atoms with E-state index in [4.69, 9.17) is 14.5 Å². The fraction of sp³-hybridized carbons (Fsp3) is 0.462. The Morgan fingerprint density at radius 3 is 2.76 bits per heavy atom. The van der Waals surface area contributed by atoms with E-state index in [-0.39, 0.29) is 6.54 Å². The average molecular weight is 314 g/mol. The second-order valence-corrected chi connectivity index (χ2v) is 7.06. The number of methoxy groups -OCH3 is 1. The molecule has 1 aromatic carbocycles. The molecule has 0 bridgehead atoms. The van der Waals surface area contributed by atoms with E-state index in [2.05, 4.69) is 0 Å². The lowest BCUT2D eigenvalue weighted by molar-refractivity contribution is -0.129. The number of benzene rings is 1. The first-order valence-corrected chi connectivity index (χ1v) is 8.25. The Labute approximate surface area is 123 Å². The van der Waals surface area contributed by atoms with Crippen LogP contribution in [-0.2, 0) is 13.9 Å². The molecule has 2 N–H and O–H groups in total. The van der Waals surface area contributed by atoms with Crippen molar-refractivity contribution in [1.29, 1.82) is 0 Å². The Bertz CT molecular complexity index is 534. The van der Waals surface area contributed by atoms with Crippen molar-refractivity contribution in [2.45, 2.75) is 12.8 Å². The lowest BCUT2D eigenvalue weighted by atomic mass is 10.3. The minimum atomic E-state index is -3.31. The van der Waals surface area contributed by atoms with Gasteiger partial charge in [-0.1, -0.05) is 0 Å². The van der Waals surface area contributed by atoms with Crippen LogP contribution in [-0.4, -0.2) is 42.6 Å². The highest BCUT2D eigenvalue weighted by Gasteiger charge is 2.36. The number of rotatable bonds is 4. The van der Waals surface area contributed by atoms with E-state index in [0.717, 1.165) is 12.8 Å². The van der Waals surface area contributed by atoms with E-state index < -0.39 is 13.4 Å². The fourth-order valence-electron chi connectivity index (χ4n) is 2.18. The van der Waals surface area contributed by atoms with Crippen molar-refractivity contribution in [3.05, 3.63) is 24.3 Å². The van der Waals surface area contributed by atoms with Gasteiger partial charge in [0.1, 0.15) is 5.75 Å². The summed E-state index contributed by atoms with van der Waals surface area (Å²) in [6.45, 7) is 0.664. The number of hydrogen-bond acceptors (Lipinski definition) is 5. The van der Waals surface area contributed by atoms with Gasteiger partial charge < -0.3 is 9.26 Å². The van der Waals surface area contributed by atoms with Crippen LogP contribution < -0.4 is 15.5 Å². The van der Waals surface area contributed by atoms with Crippen molar-refractivity contribution in [2.75, 3.05) is 26.8 Å². The van der Waals surface area contributed by atoms with Crippen LogP contribution in [0.3, 0.4) is 0 Å². The highest BCUT2D eigenvalue weighted by atomic mass is 31.2. The molecule has 1 aliphatic rings. The van der Waals surface area contributed by atoms with E-state index in [0.29, 0.717) is 24.2 Å². The molecule has 1 heterocycles. The number of nitrogens with one attached hydrogen (secondary N) is 1. The smallest absolute Gasteiger partial charge is 0.302 e. The Morgan fingerprint density at radius 2 is 2.14 bits per heavy atom. The molecular formula is C13H19N2O5P. The monoisotopic (exact) mass is 314 g/mol. The van der Waals surface area contributed by atoms with Gasteiger partial charge in [-0.25, -0.2) is 10.2 Å². The molecule has 1 aliphatic heterocycles. The largest absolute Gasteiger partial charge is 0.497 e. The molecule has 1 amide bonds. The molecule has 1 fully saturated rings. The van der Waals surface area contributed by atoms with Crippen molar-refractivity contribution in [3.8, 4) is 5.75 Å². The van der Waals surface area contributed by atoms with Crippen LogP contribution in [0.2, 0.25) is 0 Å². The summed E-state index contributed by atoms with van der Waals surface area (Å²) < 4.78 is 25.4. The molecular weight excluding hydrogens is 295 g/mol. The molecule has 116 valence electrons. The zero-order valence-corrected chi connectivity index (χ0v) is 12.7. The highest BCUT2D eigenvalue weighted by molar-refractivity contribution is 7.64. The van der Waals surface area contributed by atoms with Crippen molar-refractivity contribution in [1.82, 2.24) is 10.2 Å². The topological polar surface area (TPSA) is 88.1 Å². The second kappa shape index (κ2) is 7.04. The van der Waals surface area contributed by atoms with Crippen molar-refractivity contribution < 1.29 is 23.8 Å². The molecule has 0 spiro atoms. The van der Waals surface area contributed by atoms with E-state index in [9.17, 15) is 9.36 Å². The molecule has 21 heavy (non-hydrogen) atoms. The molecule has 1 atom stereocenters. The van der Waals surface area contributed by atoms with Gasteiger partial charge >= 0.3 is 7.52 Å². The Balaban J connectivity index is 2.31. The molecule has 8 heteroatoms. The van der Waals surface area contributed by atoms with Gasteiger partial charge in [-0.15, -0.1) is 0 Å². The molecule has 2 rings (SSSR count). The predicted molar refractivity (Wildman–Crippen MR) is 76.9 cm³/mol.